The second-order valence-corrected chi connectivity index (χ2v) is 6.30. The number of hydrogen-bond donors (Lipinski definition) is 1. The van der Waals surface area contributed by atoms with Crippen LogP contribution in [0.5, 0.6) is 5.75 Å². The SMILES string of the molecule is O=c1[nH]c2ccccc2n2c1cc1c(OCc3ccccc3)cccc12. The van der Waals surface area contributed by atoms with E-state index in [1.807, 2.05) is 83.3 Å². The van der Waals surface area contributed by atoms with Gasteiger partial charge in [-0.1, -0.05) is 48.5 Å². The quantitative estimate of drug-likeness (QED) is 0.525. The lowest BCUT2D eigenvalue weighted by Gasteiger charge is -2.08. The van der Waals surface area contributed by atoms with Crippen LogP contribution in [0.2, 0.25) is 0 Å². The van der Waals surface area contributed by atoms with Gasteiger partial charge in [-0.2, -0.15) is 0 Å². The predicted molar refractivity (Wildman–Crippen MR) is 104 cm³/mol. The van der Waals surface area contributed by atoms with Crippen LogP contribution in [0.25, 0.3) is 27.5 Å². The molecule has 5 aromatic rings. The molecule has 0 bridgehead atoms. The third kappa shape index (κ3) is 2.27. The number of nitrogens with zero attached hydrogens (tertiary/aromatic N) is 1. The first-order chi connectivity index (χ1) is 12.8. The monoisotopic (exact) mass is 340 g/mol. The molecule has 0 spiro atoms. The summed E-state index contributed by atoms with van der Waals surface area (Å²) in [7, 11) is 0. The highest BCUT2D eigenvalue weighted by Crippen LogP contribution is 2.30. The fourth-order valence-corrected chi connectivity index (χ4v) is 3.45. The summed E-state index contributed by atoms with van der Waals surface area (Å²) in [6.07, 6.45) is 0. The number of benzene rings is 3. The van der Waals surface area contributed by atoms with E-state index >= 15 is 0 Å². The number of aromatic nitrogens is 2. The van der Waals surface area contributed by atoms with Gasteiger partial charge in [-0.05, 0) is 35.9 Å². The minimum absolute atomic E-state index is 0.103. The molecule has 3 aromatic carbocycles. The summed E-state index contributed by atoms with van der Waals surface area (Å²) in [5.74, 6) is 0.776. The molecule has 4 heteroatoms. The molecule has 0 unspecified atom stereocenters. The van der Waals surface area contributed by atoms with E-state index < -0.39 is 0 Å². The normalized spacial score (nSPS) is 11.4. The van der Waals surface area contributed by atoms with Crippen LogP contribution in [-0.4, -0.2) is 9.38 Å². The summed E-state index contributed by atoms with van der Waals surface area (Å²) in [5.41, 5.74) is 4.38. The van der Waals surface area contributed by atoms with Crippen LogP contribution >= 0.6 is 0 Å². The van der Waals surface area contributed by atoms with Crippen molar-refractivity contribution in [3.8, 4) is 5.75 Å². The second-order valence-electron chi connectivity index (χ2n) is 6.30. The lowest BCUT2D eigenvalue weighted by molar-refractivity contribution is 0.310. The lowest BCUT2D eigenvalue weighted by atomic mass is 10.2. The van der Waals surface area contributed by atoms with E-state index in [0.29, 0.717) is 12.1 Å². The van der Waals surface area contributed by atoms with Gasteiger partial charge in [-0.15, -0.1) is 0 Å². The zero-order valence-electron chi connectivity index (χ0n) is 14.0. The topological polar surface area (TPSA) is 46.5 Å². The number of rotatable bonds is 3. The van der Waals surface area contributed by atoms with E-state index in [0.717, 1.165) is 33.2 Å². The standard InChI is InChI=1S/C22H16N2O2/c25-22-20-13-16-18(24(20)19-10-5-4-9-17(19)23-22)11-6-12-21(16)26-14-15-7-2-1-3-8-15/h1-13H,14H2,(H,23,25). The van der Waals surface area contributed by atoms with E-state index in [1.165, 1.54) is 0 Å². The lowest BCUT2D eigenvalue weighted by Crippen LogP contribution is -2.09. The molecule has 1 N–H and O–H groups in total. The van der Waals surface area contributed by atoms with Crippen molar-refractivity contribution >= 4 is 27.5 Å². The maximum absolute atomic E-state index is 12.5. The Morgan fingerprint density at radius 2 is 1.58 bits per heavy atom. The van der Waals surface area contributed by atoms with Gasteiger partial charge in [0.05, 0.1) is 16.6 Å². The molecule has 0 aliphatic rings. The highest BCUT2D eigenvalue weighted by Gasteiger charge is 2.13. The molecule has 5 rings (SSSR count). The Balaban J connectivity index is 1.72. The summed E-state index contributed by atoms with van der Waals surface area (Å²) in [4.78, 5) is 15.5. The third-order valence-corrected chi connectivity index (χ3v) is 4.67. The summed E-state index contributed by atoms with van der Waals surface area (Å²) < 4.78 is 8.06. The van der Waals surface area contributed by atoms with Gasteiger partial charge in [-0.25, -0.2) is 0 Å². The van der Waals surface area contributed by atoms with Crippen molar-refractivity contribution in [3.05, 3.63) is 94.8 Å². The molecule has 0 atom stereocenters. The highest BCUT2D eigenvalue weighted by molar-refractivity contribution is 5.96. The number of nitrogens with one attached hydrogen (secondary N) is 1. The molecule has 2 aromatic heterocycles. The van der Waals surface area contributed by atoms with Gasteiger partial charge in [0.25, 0.3) is 5.56 Å². The molecule has 2 heterocycles. The smallest absolute Gasteiger partial charge is 0.272 e. The van der Waals surface area contributed by atoms with Gasteiger partial charge in [-0.3, -0.25) is 4.79 Å². The molecule has 0 saturated carbocycles. The van der Waals surface area contributed by atoms with Gasteiger partial charge in [0.1, 0.15) is 17.9 Å². The fraction of sp³-hybridized carbons (Fsp3) is 0.0455. The van der Waals surface area contributed by atoms with Crippen molar-refractivity contribution in [1.82, 2.24) is 9.38 Å². The van der Waals surface area contributed by atoms with Crippen LogP contribution in [0, 0.1) is 0 Å². The van der Waals surface area contributed by atoms with Crippen molar-refractivity contribution in [3.63, 3.8) is 0 Å². The first kappa shape index (κ1) is 14.8. The van der Waals surface area contributed by atoms with Gasteiger partial charge < -0.3 is 14.1 Å². The van der Waals surface area contributed by atoms with Crippen molar-refractivity contribution in [2.24, 2.45) is 0 Å². The van der Waals surface area contributed by atoms with Crippen LogP contribution in [0.3, 0.4) is 0 Å². The molecule has 0 amide bonds. The first-order valence-corrected chi connectivity index (χ1v) is 8.53. The molecule has 0 saturated heterocycles. The van der Waals surface area contributed by atoms with Crippen molar-refractivity contribution in [2.45, 2.75) is 6.61 Å². The number of hydrogen-bond acceptors (Lipinski definition) is 2. The van der Waals surface area contributed by atoms with Gasteiger partial charge in [0.2, 0.25) is 0 Å². The largest absolute Gasteiger partial charge is 0.488 e. The van der Waals surface area contributed by atoms with Crippen molar-refractivity contribution < 1.29 is 4.74 Å². The van der Waals surface area contributed by atoms with E-state index in [2.05, 4.69) is 4.98 Å². The molecule has 4 nitrogen and oxygen atoms in total. The third-order valence-electron chi connectivity index (χ3n) is 4.67. The number of aromatic amines is 1. The average molecular weight is 340 g/mol. The maximum atomic E-state index is 12.5. The summed E-state index contributed by atoms with van der Waals surface area (Å²) in [6.45, 7) is 0.489. The Labute approximate surface area is 149 Å². The van der Waals surface area contributed by atoms with E-state index in [1.54, 1.807) is 0 Å². The highest BCUT2D eigenvalue weighted by atomic mass is 16.5. The van der Waals surface area contributed by atoms with E-state index in [-0.39, 0.29) is 5.56 Å². The fourth-order valence-electron chi connectivity index (χ4n) is 3.45. The van der Waals surface area contributed by atoms with E-state index in [4.69, 9.17) is 4.74 Å². The number of ether oxygens (including phenoxy) is 1. The van der Waals surface area contributed by atoms with Crippen LogP contribution < -0.4 is 10.3 Å². The molecular formula is C22H16N2O2. The van der Waals surface area contributed by atoms with Gasteiger partial charge in [0, 0.05) is 5.39 Å². The Bertz CT molecular complexity index is 1300. The minimum atomic E-state index is -0.103. The summed E-state index contributed by atoms with van der Waals surface area (Å²) in [5, 5.41) is 0.935. The van der Waals surface area contributed by atoms with Crippen molar-refractivity contribution in [2.75, 3.05) is 0 Å². The number of fused-ring (bicyclic) bond motifs is 5. The average Bonchev–Trinajstić information content (AvgIpc) is 3.08. The van der Waals surface area contributed by atoms with Gasteiger partial charge >= 0.3 is 0 Å². The zero-order chi connectivity index (χ0) is 17.5. The van der Waals surface area contributed by atoms with Crippen molar-refractivity contribution in [1.29, 1.82) is 0 Å². The molecular weight excluding hydrogens is 324 g/mol. The predicted octanol–water partition coefficient (Wildman–Crippen LogP) is 4.51. The molecule has 0 aliphatic carbocycles. The Hall–Kier alpha value is -3.53. The Morgan fingerprint density at radius 1 is 0.808 bits per heavy atom. The van der Waals surface area contributed by atoms with Crippen LogP contribution in [0.4, 0.5) is 0 Å². The first-order valence-electron chi connectivity index (χ1n) is 8.53. The molecule has 26 heavy (non-hydrogen) atoms. The molecule has 0 aliphatic heterocycles. The number of para-hydroxylation sites is 2. The van der Waals surface area contributed by atoms with Crippen LogP contribution in [-0.2, 0) is 6.61 Å². The van der Waals surface area contributed by atoms with Gasteiger partial charge in [0.15, 0.2) is 0 Å². The molecule has 0 radical (unpaired) electrons. The molecule has 0 fully saturated rings. The zero-order valence-corrected chi connectivity index (χ0v) is 14.0. The van der Waals surface area contributed by atoms with E-state index in [9.17, 15) is 4.79 Å². The maximum Gasteiger partial charge on any atom is 0.272 e. The molecule has 126 valence electrons. The van der Waals surface area contributed by atoms with Crippen LogP contribution in [0.15, 0.2) is 83.7 Å². The Kier molecular flexibility index (Phi) is 3.28. The minimum Gasteiger partial charge on any atom is -0.488 e. The second kappa shape index (κ2) is 5.77. The summed E-state index contributed by atoms with van der Waals surface area (Å²) in [6, 6.07) is 25.7. The Morgan fingerprint density at radius 3 is 2.46 bits per heavy atom. The number of H-pyrrole nitrogens is 1. The van der Waals surface area contributed by atoms with Crippen LogP contribution in [0.1, 0.15) is 5.56 Å². The summed E-state index contributed by atoms with van der Waals surface area (Å²) >= 11 is 0.